The lowest BCUT2D eigenvalue weighted by Gasteiger charge is -2.33. The number of aromatic nitrogens is 2. The van der Waals surface area contributed by atoms with Crippen molar-refractivity contribution in [3.63, 3.8) is 0 Å². The molecule has 0 radical (unpaired) electrons. The van der Waals surface area contributed by atoms with E-state index in [1.807, 2.05) is 17.9 Å². The number of nitrogens with zero attached hydrogens (tertiary/aromatic N) is 2. The number of aryl methyl sites for hydroxylation is 1. The predicted molar refractivity (Wildman–Crippen MR) is 76.8 cm³/mol. The summed E-state index contributed by atoms with van der Waals surface area (Å²) >= 11 is 0. The lowest BCUT2D eigenvalue weighted by atomic mass is 9.88. The lowest BCUT2D eigenvalue weighted by Crippen LogP contribution is -2.46. The van der Waals surface area contributed by atoms with Gasteiger partial charge in [-0.25, -0.2) is 0 Å². The molecule has 106 valence electrons. The molecule has 2 heterocycles. The van der Waals surface area contributed by atoms with Crippen LogP contribution in [0, 0.1) is 5.92 Å². The summed E-state index contributed by atoms with van der Waals surface area (Å²) in [5.41, 5.74) is 1.30. The Morgan fingerprint density at radius 3 is 3.00 bits per heavy atom. The molecule has 1 aromatic rings. The summed E-state index contributed by atoms with van der Waals surface area (Å²) in [4.78, 5) is 0. The van der Waals surface area contributed by atoms with E-state index >= 15 is 0 Å². The second-order valence-electron chi connectivity index (χ2n) is 6.16. The average Bonchev–Trinajstić information content (AvgIpc) is 3.06. The van der Waals surface area contributed by atoms with Gasteiger partial charge < -0.3 is 10.6 Å². The molecule has 2 fully saturated rings. The second-order valence-corrected chi connectivity index (χ2v) is 6.16. The van der Waals surface area contributed by atoms with Crippen LogP contribution in [0.3, 0.4) is 0 Å². The van der Waals surface area contributed by atoms with E-state index in [0.717, 1.165) is 18.5 Å². The van der Waals surface area contributed by atoms with Crippen molar-refractivity contribution >= 4 is 0 Å². The van der Waals surface area contributed by atoms with Gasteiger partial charge in [0, 0.05) is 37.4 Å². The summed E-state index contributed by atoms with van der Waals surface area (Å²) in [6, 6.07) is 1.44. The fraction of sp³-hybridized carbons (Fsp3) is 0.800. The van der Waals surface area contributed by atoms with Crippen LogP contribution < -0.4 is 10.6 Å². The third-order valence-corrected chi connectivity index (χ3v) is 4.76. The third kappa shape index (κ3) is 3.18. The van der Waals surface area contributed by atoms with Crippen LogP contribution in [0.25, 0.3) is 0 Å². The fourth-order valence-electron chi connectivity index (χ4n) is 3.78. The van der Waals surface area contributed by atoms with Crippen molar-refractivity contribution < 1.29 is 0 Å². The summed E-state index contributed by atoms with van der Waals surface area (Å²) in [7, 11) is 1.98. The summed E-state index contributed by atoms with van der Waals surface area (Å²) in [6.07, 6.45) is 12.3. The quantitative estimate of drug-likeness (QED) is 0.870. The Kier molecular flexibility index (Phi) is 4.18. The fourth-order valence-corrected chi connectivity index (χ4v) is 3.78. The van der Waals surface area contributed by atoms with E-state index in [1.54, 1.807) is 0 Å². The molecule has 1 aromatic heterocycles. The van der Waals surface area contributed by atoms with Gasteiger partial charge >= 0.3 is 0 Å². The normalized spacial score (nSPS) is 31.7. The highest BCUT2D eigenvalue weighted by Crippen LogP contribution is 2.31. The van der Waals surface area contributed by atoms with E-state index in [2.05, 4.69) is 21.9 Å². The first-order valence-corrected chi connectivity index (χ1v) is 7.77. The van der Waals surface area contributed by atoms with Crippen molar-refractivity contribution in [3.8, 4) is 0 Å². The van der Waals surface area contributed by atoms with Gasteiger partial charge in [0.05, 0.1) is 6.20 Å². The Labute approximate surface area is 116 Å². The van der Waals surface area contributed by atoms with Gasteiger partial charge in [0.1, 0.15) is 0 Å². The maximum Gasteiger partial charge on any atom is 0.0534 e. The SMILES string of the molecule is Cn1cc(CNC2CCCC2C2CCCCN2)cn1. The monoisotopic (exact) mass is 262 g/mol. The highest BCUT2D eigenvalue weighted by molar-refractivity contribution is 5.04. The minimum Gasteiger partial charge on any atom is -0.314 e. The first-order chi connectivity index (χ1) is 9.33. The molecule has 3 atom stereocenters. The van der Waals surface area contributed by atoms with Gasteiger partial charge in [-0.2, -0.15) is 5.10 Å². The molecule has 2 N–H and O–H groups in total. The summed E-state index contributed by atoms with van der Waals surface area (Å²) in [6.45, 7) is 2.18. The van der Waals surface area contributed by atoms with Gasteiger partial charge in [-0.3, -0.25) is 4.68 Å². The van der Waals surface area contributed by atoms with Gasteiger partial charge in [-0.15, -0.1) is 0 Å². The Bertz CT molecular complexity index is 395. The van der Waals surface area contributed by atoms with Crippen molar-refractivity contribution in [2.24, 2.45) is 13.0 Å². The van der Waals surface area contributed by atoms with Crippen LogP contribution in [0.4, 0.5) is 0 Å². The van der Waals surface area contributed by atoms with Crippen LogP contribution in [0.2, 0.25) is 0 Å². The number of nitrogens with one attached hydrogen (secondary N) is 2. The molecular formula is C15H26N4. The van der Waals surface area contributed by atoms with E-state index in [1.165, 1.54) is 50.6 Å². The van der Waals surface area contributed by atoms with E-state index in [9.17, 15) is 0 Å². The molecule has 4 heteroatoms. The molecule has 2 aliphatic rings. The molecule has 0 aromatic carbocycles. The predicted octanol–water partition coefficient (Wildman–Crippen LogP) is 1.82. The van der Waals surface area contributed by atoms with Crippen LogP contribution in [0.5, 0.6) is 0 Å². The number of rotatable bonds is 4. The molecule has 0 spiro atoms. The Morgan fingerprint density at radius 1 is 1.32 bits per heavy atom. The molecular weight excluding hydrogens is 236 g/mol. The van der Waals surface area contributed by atoms with E-state index < -0.39 is 0 Å². The standard InChI is InChI=1S/C15H26N4/c1-19-11-12(10-18-19)9-17-15-7-4-5-13(15)14-6-2-3-8-16-14/h10-11,13-17H,2-9H2,1H3. The van der Waals surface area contributed by atoms with Crippen LogP contribution in [-0.4, -0.2) is 28.4 Å². The maximum atomic E-state index is 4.24. The smallest absolute Gasteiger partial charge is 0.0534 e. The second kappa shape index (κ2) is 6.06. The van der Waals surface area contributed by atoms with E-state index in [0.29, 0.717) is 6.04 Å². The molecule has 0 bridgehead atoms. The van der Waals surface area contributed by atoms with Crippen molar-refractivity contribution in [2.45, 2.75) is 57.2 Å². The molecule has 1 aliphatic carbocycles. The van der Waals surface area contributed by atoms with Crippen molar-refractivity contribution in [3.05, 3.63) is 18.0 Å². The third-order valence-electron chi connectivity index (χ3n) is 4.76. The molecule has 19 heavy (non-hydrogen) atoms. The van der Waals surface area contributed by atoms with E-state index in [4.69, 9.17) is 0 Å². The van der Waals surface area contributed by atoms with Gasteiger partial charge in [0.2, 0.25) is 0 Å². The zero-order valence-corrected chi connectivity index (χ0v) is 11.9. The summed E-state index contributed by atoms with van der Waals surface area (Å²) in [5.74, 6) is 0.831. The van der Waals surface area contributed by atoms with E-state index in [-0.39, 0.29) is 0 Å². The Hall–Kier alpha value is -0.870. The van der Waals surface area contributed by atoms with Crippen LogP contribution in [0.1, 0.15) is 44.1 Å². The Morgan fingerprint density at radius 2 is 2.26 bits per heavy atom. The molecule has 0 amide bonds. The minimum absolute atomic E-state index is 0.691. The first kappa shape index (κ1) is 13.1. The van der Waals surface area contributed by atoms with Crippen molar-refractivity contribution in [1.82, 2.24) is 20.4 Å². The molecule has 1 aliphatic heterocycles. The highest BCUT2D eigenvalue weighted by Gasteiger charge is 2.33. The number of piperidine rings is 1. The zero-order chi connectivity index (χ0) is 13.1. The topological polar surface area (TPSA) is 41.9 Å². The molecule has 1 saturated carbocycles. The minimum atomic E-state index is 0.691. The largest absolute Gasteiger partial charge is 0.314 e. The molecule has 1 saturated heterocycles. The first-order valence-electron chi connectivity index (χ1n) is 7.77. The van der Waals surface area contributed by atoms with Gasteiger partial charge in [-0.1, -0.05) is 12.8 Å². The number of hydrogen-bond acceptors (Lipinski definition) is 3. The summed E-state index contributed by atoms with van der Waals surface area (Å²) in [5, 5.41) is 11.7. The lowest BCUT2D eigenvalue weighted by molar-refractivity contribution is 0.257. The molecule has 4 nitrogen and oxygen atoms in total. The van der Waals surface area contributed by atoms with Crippen LogP contribution in [0.15, 0.2) is 12.4 Å². The van der Waals surface area contributed by atoms with Gasteiger partial charge in [0.25, 0.3) is 0 Å². The molecule has 3 rings (SSSR count). The van der Waals surface area contributed by atoms with Crippen LogP contribution in [-0.2, 0) is 13.6 Å². The van der Waals surface area contributed by atoms with Gasteiger partial charge in [0.15, 0.2) is 0 Å². The van der Waals surface area contributed by atoms with Crippen LogP contribution >= 0.6 is 0 Å². The zero-order valence-electron chi connectivity index (χ0n) is 11.9. The Balaban J connectivity index is 1.54. The van der Waals surface area contributed by atoms with Crippen molar-refractivity contribution in [2.75, 3.05) is 6.54 Å². The van der Waals surface area contributed by atoms with Crippen molar-refractivity contribution in [1.29, 1.82) is 0 Å². The van der Waals surface area contributed by atoms with Gasteiger partial charge in [-0.05, 0) is 38.1 Å². The highest BCUT2D eigenvalue weighted by atomic mass is 15.2. The average molecular weight is 262 g/mol. The maximum absolute atomic E-state index is 4.24. The summed E-state index contributed by atoms with van der Waals surface area (Å²) < 4.78 is 1.88. The number of hydrogen-bond donors (Lipinski definition) is 2. The molecule has 3 unspecified atom stereocenters.